The Kier molecular flexibility index (Phi) is 6.09. The molecule has 18 heavy (non-hydrogen) atoms. The van der Waals surface area contributed by atoms with Crippen LogP contribution in [0.4, 0.5) is 0 Å². The van der Waals surface area contributed by atoms with Crippen LogP contribution in [-0.2, 0) is 4.74 Å². The number of hydrogen-bond acceptors (Lipinski definition) is 3. The van der Waals surface area contributed by atoms with Gasteiger partial charge in [-0.3, -0.25) is 0 Å². The molecule has 0 spiro atoms. The van der Waals surface area contributed by atoms with Crippen LogP contribution in [0.25, 0.3) is 0 Å². The molecule has 3 nitrogen and oxygen atoms in total. The van der Waals surface area contributed by atoms with Crippen molar-refractivity contribution in [3.8, 4) is 0 Å². The third-order valence-electron chi connectivity index (χ3n) is 4.03. The van der Waals surface area contributed by atoms with Crippen molar-refractivity contribution in [1.82, 2.24) is 5.32 Å². The Hall–Kier alpha value is -0.120. The molecule has 0 bridgehead atoms. The van der Waals surface area contributed by atoms with Crippen LogP contribution in [0.2, 0.25) is 0 Å². The number of nitrogens with one attached hydrogen (secondary N) is 1. The van der Waals surface area contributed by atoms with E-state index >= 15 is 0 Å². The molecule has 0 aromatic rings. The van der Waals surface area contributed by atoms with Gasteiger partial charge in [0.05, 0.1) is 12.2 Å². The van der Waals surface area contributed by atoms with Gasteiger partial charge in [0.25, 0.3) is 0 Å². The minimum Gasteiger partial charge on any atom is -0.392 e. The molecule has 0 aliphatic heterocycles. The van der Waals surface area contributed by atoms with Crippen LogP contribution in [0.1, 0.15) is 53.9 Å². The highest BCUT2D eigenvalue weighted by molar-refractivity contribution is 5.02. The highest BCUT2D eigenvalue weighted by atomic mass is 16.5. The smallest absolute Gasteiger partial charge is 0.0664 e. The van der Waals surface area contributed by atoms with Gasteiger partial charge >= 0.3 is 0 Å². The van der Waals surface area contributed by atoms with Crippen LogP contribution in [0.3, 0.4) is 0 Å². The SMILES string of the molecule is CCCC(O)CNC1CC(OCC(C)C)C1(C)C. The maximum Gasteiger partial charge on any atom is 0.0664 e. The summed E-state index contributed by atoms with van der Waals surface area (Å²) in [7, 11) is 0. The first-order valence-electron chi connectivity index (χ1n) is 7.41. The molecule has 1 aliphatic carbocycles. The van der Waals surface area contributed by atoms with E-state index in [1.807, 2.05) is 0 Å². The predicted octanol–water partition coefficient (Wildman–Crippen LogP) is 2.58. The number of aliphatic hydroxyl groups excluding tert-OH is 1. The lowest BCUT2D eigenvalue weighted by atomic mass is 9.64. The second kappa shape index (κ2) is 6.88. The molecule has 1 rings (SSSR count). The van der Waals surface area contributed by atoms with Crippen LogP contribution in [0, 0.1) is 11.3 Å². The maximum atomic E-state index is 9.74. The van der Waals surface area contributed by atoms with Gasteiger partial charge < -0.3 is 15.2 Å². The van der Waals surface area contributed by atoms with E-state index in [9.17, 15) is 5.11 Å². The molecule has 0 saturated heterocycles. The average Bonchev–Trinajstić information content (AvgIpc) is 2.26. The fourth-order valence-corrected chi connectivity index (χ4v) is 2.54. The molecule has 0 radical (unpaired) electrons. The van der Waals surface area contributed by atoms with Crippen molar-refractivity contribution in [2.45, 2.75) is 72.1 Å². The highest BCUT2D eigenvalue weighted by Gasteiger charge is 2.48. The summed E-state index contributed by atoms with van der Waals surface area (Å²) < 4.78 is 5.94. The summed E-state index contributed by atoms with van der Waals surface area (Å²) in [6.07, 6.45) is 3.14. The van der Waals surface area contributed by atoms with Gasteiger partial charge in [0.15, 0.2) is 0 Å². The maximum absolute atomic E-state index is 9.74. The molecule has 108 valence electrons. The monoisotopic (exact) mass is 257 g/mol. The van der Waals surface area contributed by atoms with Gasteiger partial charge in [0.1, 0.15) is 0 Å². The van der Waals surface area contributed by atoms with Crippen LogP contribution >= 0.6 is 0 Å². The molecule has 3 unspecified atom stereocenters. The van der Waals surface area contributed by atoms with Crippen LogP contribution in [0.15, 0.2) is 0 Å². The summed E-state index contributed by atoms with van der Waals surface area (Å²) in [6.45, 7) is 12.5. The third-order valence-corrected chi connectivity index (χ3v) is 4.03. The molecular weight excluding hydrogens is 226 g/mol. The molecule has 1 fully saturated rings. The molecule has 0 aromatic carbocycles. The molecule has 3 atom stereocenters. The van der Waals surface area contributed by atoms with E-state index in [1.165, 1.54) is 0 Å². The quantitative estimate of drug-likeness (QED) is 0.702. The highest BCUT2D eigenvalue weighted by Crippen LogP contribution is 2.42. The number of ether oxygens (including phenoxy) is 1. The molecule has 0 amide bonds. The summed E-state index contributed by atoms with van der Waals surface area (Å²) >= 11 is 0. The van der Waals surface area contributed by atoms with Gasteiger partial charge in [-0.15, -0.1) is 0 Å². The van der Waals surface area contributed by atoms with Gasteiger partial charge in [0, 0.05) is 24.6 Å². The topological polar surface area (TPSA) is 41.5 Å². The van der Waals surface area contributed by atoms with Crippen molar-refractivity contribution in [3.63, 3.8) is 0 Å². The van der Waals surface area contributed by atoms with Crippen LogP contribution < -0.4 is 5.32 Å². The van der Waals surface area contributed by atoms with E-state index in [0.717, 1.165) is 25.9 Å². The van der Waals surface area contributed by atoms with Gasteiger partial charge in [-0.2, -0.15) is 0 Å². The van der Waals surface area contributed by atoms with Crippen LogP contribution in [0.5, 0.6) is 0 Å². The Morgan fingerprint density at radius 2 is 2.06 bits per heavy atom. The van der Waals surface area contributed by atoms with E-state index in [0.29, 0.717) is 24.6 Å². The standard InChI is InChI=1S/C15H31NO2/c1-6-7-12(17)9-16-13-8-14(15(13,4)5)18-10-11(2)3/h11-14,16-17H,6-10H2,1-5H3. The molecule has 0 heterocycles. The first-order valence-corrected chi connectivity index (χ1v) is 7.41. The van der Waals surface area contributed by atoms with E-state index < -0.39 is 0 Å². The van der Waals surface area contributed by atoms with E-state index in [-0.39, 0.29) is 11.5 Å². The Morgan fingerprint density at radius 1 is 1.39 bits per heavy atom. The summed E-state index contributed by atoms with van der Waals surface area (Å²) in [6, 6.07) is 0.473. The lowest BCUT2D eigenvalue weighted by molar-refractivity contribution is -0.125. The molecule has 2 N–H and O–H groups in total. The van der Waals surface area contributed by atoms with E-state index in [1.54, 1.807) is 0 Å². The van der Waals surface area contributed by atoms with Crippen molar-refractivity contribution in [2.75, 3.05) is 13.2 Å². The van der Waals surface area contributed by atoms with E-state index in [2.05, 4.69) is 39.9 Å². The fourth-order valence-electron chi connectivity index (χ4n) is 2.54. The number of aliphatic hydroxyl groups is 1. The zero-order valence-electron chi connectivity index (χ0n) is 12.7. The van der Waals surface area contributed by atoms with E-state index in [4.69, 9.17) is 4.74 Å². The number of hydrogen-bond donors (Lipinski definition) is 2. The minimum atomic E-state index is -0.207. The van der Waals surface area contributed by atoms with Gasteiger partial charge in [0.2, 0.25) is 0 Å². The van der Waals surface area contributed by atoms with Crippen molar-refractivity contribution in [3.05, 3.63) is 0 Å². The first-order chi connectivity index (χ1) is 8.37. The van der Waals surface area contributed by atoms with Gasteiger partial charge in [-0.25, -0.2) is 0 Å². The first kappa shape index (κ1) is 15.9. The largest absolute Gasteiger partial charge is 0.392 e. The van der Waals surface area contributed by atoms with Crippen molar-refractivity contribution < 1.29 is 9.84 Å². The van der Waals surface area contributed by atoms with Gasteiger partial charge in [-0.1, -0.05) is 41.0 Å². The Balaban J connectivity index is 2.26. The minimum absolute atomic E-state index is 0.181. The average molecular weight is 257 g/mol. The van der Waals surface area contributed by atoms with Crippen molar-refractivity contribution in [1.29, 1.82) is 0 Å². The zero-order chi connectivity index (χ0) is 13.8. The molecule has 0 aromatic heterocycles. The summed E-state index contributed by atoms with van der Waals surface area (Å²) in [5.41, 5.74) is 0.181. The second-order valence-electron chi connectivity index (χ2n) is 6.68. The summed E-state index contributed by atoms with van der Waals surface area (Å²) in [4.78, 5) is 0. The summed E-state index contributed by atoms with van der Waals surface area (Å²) in [5.74, 6) is 0.596. The normalized spacial score (nSPS) is 28.2. The number of rotatable bonds is 8. The van der Waals surface area contributed by atoms with Gasteiger partial charge in [-0.05, 0) is 18.8 Å². The molecule has 1 aliphatic rings. The fraction of sp³-hybridized carbons (Fsp3) is 1.00. The predicted molar refractivity (Wildman–Crippen MR) is 75.7 cm³/mol. The lowest BCUT2D eigenvalue weighted by Gasteiger charge is -2.52. The summed E-state index contributed by atoms with van der Waals surface area (Å²) in [5, 5.41) is 13.2. The Morgan fingerprint density at radius 3 is 2.56 bits per heavy atom. The van der Waals surface area contributed by atoms with Crippen LogP contribution in [-0.4, -0.2) is 36.5 Å². The Labute approximate surface area is 112 Å². The molecule has 3 heteroatoms. The zero-order valence-corrected chi connectivity index (χ0v) is 12.7. The second-order valence-corrected chi connectivity index (χ2v) is 6.68. The molecule has 1 saturated carbocycles. The third kappa shape index (κ3) is 4.22. The van der Waals surface area contributed by atoms with Crippen molar-refractivity contribution >= 4 is 0 Å². The van der Waals surface area contributed by atoms with Crippen molar-refractivity contribution in [2.24, 2.45) is 11.3 Å². The lowest BCUT2D eigenvalue weighted by Crippen LogP contribution is -2.61. The molecular formula is C15H31NO2. The Bertz CT molecular complexity index is 241.